The molecule has 0 aliphatic carbocycles. The molecule has 26 nitrogen and oxygen atoms in total. The summed E-state index contributed by atoms with van der Waals surface area (Å²) in [4.78, 5) is 135. The summed E-state index contributed by atoms with van der Waals surface area (Å²) in [6, 6.07) is 5.06. The van der Waals surface area contributed by atoms with Crippen LogP contribution in [-0.2, 0) is 60.5 Å². The van der Waals surface area contributed by atoms with Gasteiger partial charge in [-0.2, -0.15) is 0 Å². The van der Waals surface area contributed by atoms with E-state index in [9.17, 15) is 53.1 Å². The van der Waals surface area contributed by atoms with Gasteiger partial charge in [-0.15, -0.1) is 0 Å². The molecular weight excluding hydrogens is 1090 g/mol. The van der Waals surface area contributed by atoms with Crippen molar-refractivity contribution in [1.82, 2.24) is 53.2 Å². The predicted molar refractivity (Wildman–Crippen MR) is 310 cm³/mol. The first-order valence-electron chi connectivity index (χ1n) is 28.0. The van der Waals surface area contributed by atoms with Crippen LogP contribution in [0.2, 0.25) is 0 Å². The molecule has 468 valence electrons. The molecule has 0 unspecified atom stereocenters. The zero-order valence-corrected chi connectivity index (χ0v) is 51.3. The molecule has 5 atom stereocenters. The highest BCUT2D eigenvalue weighted by molar-refractivity contribution is 5.94. The molecular formula is C58H90N10O16. The molecule has 4 bridgehead atoms. The van der Waals surface area contributed by atoms with Gasteiger partial charge >= 0.3 is 30.5 Å². The highest BCUT2D eigenvalue weighted by Gasteiger charge is 2.34. The summed E-state index contributed by atoms with van der Waals surface area (Å²) in [5, 5.41) is 37.3. The Morgan fingerprint density at radius 3 is 1.52 bits per heavy atom. The van der Waals surface area contributed by atoms with Crippen molar-refractivity contribution in [2.24, 2.45) is 0 Å². The topological polar surface area (TPSA) is 357 Å². The fourth-order valence-corrected chi connectivity index (χ4v) is 7.91. The SMILES string of the molecule is CC(C)(C)OC(=O)NCCC[C@@H]1NC(=O)[C@@H](NC(=O)OC(C)(C)C)Cc2cc(ccc2O)-c2cccc(c2)C[C@@H](C(=O)NCC[C@H](NC(=O)OC(C)(C)C)C(=O)NCC[C@H](NC(=O)OC(C)(C)C)C(=O)NCCNC(=O)OC(C)(C)C)NC1=O. The molecule has 0 spiro atoms. The number of rotatable bonds is 19. The first-order valence-corrected chi connectivity index (χ1v) is 28.0. The van der Waals surface area contributed by atoms with Crippen LogP contribution in [-0.4, -0.2) is 156 Å². The Kier molecular flexibility index (Phi) is 25.9. The Balaban J connectivity index is 1.95. The van der Waals surface area contributed by atoms with E-state index in [-0.39, 0.29) is 82.6 Å². The van der Waals surface area contributed by atoms with Gasteiger partial charge in [0.25, 0.3) is 0 Å². The maximum Gasteiger partial charge on any atom is 0.408 e. The number of carbonyl (C=O) groups excluding carboxylic acids is 10. The van der Waals surface area contributed by atoms with Crippen molar-refractivity contribution in [3.05, 3.63) is 53.6 Å². The second-order valence-electron chi connectivity index (χ2n) is 25.1. The number of alkyl carbamates (subject to hydrolysis) is 5. The fraction of sp³-hybridized carbons (Fsp3) is 0.621. The van der Waals surface area contributed by atoms with Crippen molar-refractivity contribution in [2.45, 2.75) is 201 Å². The second-order valence-corrected chi connectivity index (χ2v) is 25.1. The maximum absolute atomic E-state index is 14.6. The van der Waals surface area contributed by atoms with Crippen molar-refractivity contribution in [1.29, 1.82) is 0 Å². The maximum atomic E-state index is 14.6. The van der Waals surface area contributed by atoms with Gasteiger partial charge in [0.05, 0.1) is 0 Å². The summed E-state index contributed by atoms with van der Waals surface area (Å²) in [5.41, 5.74) is -2.31. The molecule has 26 heteroatoms. The molecule has 84 heavy (non-hydrogen) atoms. The van der Waals surface area contributed by atoms with Crippen LogP contribution in [0, 0.1) is 0 Å². The van der Waals surface area contributed by atoms with Gasteiger partial charge in [-0.3, -0.25) is 24.0 Å². The van der Waals surface area contributed by atoms with Crippen LogP contribution >= 0.6 is 0 Å². The molecule has 0 radical (unpaired) electrons. The number of phenolic OH excluding ortho intramolecular Hbond substituents is 1. The summed E-state index contributed by atoms with van der Waals surface area (Å²) in [5.74, 6) is -3.99. The molecule has 2 aromatic rings. The highest BCUT2D eigenvalue weighted by Crippen LogP contribution is 2.29. The average Bonchev–Trinajstić information content (AvgIpc) is 3.48. The summed E-state index contributed by atoms with van der Waals surface area (Å²) >= 11 is 0. The van der Waals surface area contributed by atoms with E-state index in [2.05, 4.69) is 53.2 Å². The molecule has 3 rings (SSSR count). The number of ether oxygens (including phenoxy) is 5. The molecule has 11 N–H and O–H groups in total. The number of hydrogen-bond donors (Lipinski definition) is 11. The number of carbonyl (C=O) groups is 10. The van der Waals surface area contributed by atoms with Gasteiger partial charge < -0.3 is 82.0 Å². The van der Waals surface area contributed by atoms with Gasteiger partial charge in [0.15, 0.2) is 0 Å². The molecule has 1 aliphatic heterocycles. The normalized spacial score (nSPS) is 16.6. The van der Waals surface area contributed by atoms with Gasteiger partial charge in [0.1, 0.15) is 64.0 Å². The van der Waals surface area contributed by atoms with E-state index >= 15 is 0 Å². The molecule has 0 aromatic heterocycles. The third-order valence-electron chi connectivity index (χ3n) is 11.4. The fourth-order valence-electron chi connectivity index (χ4n) is 7.91. The van der Waals surface area contributed by atoms with Crippen molar-refractivity contribution < 1.29 is 76.7 Å². The molecule has 1 heterocycles. The van der Waals surface area contributed by atoms with Crippen LogP contribution in [0.5, 0.6) is 5.75 Å². The smallest absolute Gasteiger partial charge is 0.408 e. The third kappa shape index (κ3) is 28.3. The lowest BCUT2D eigenvalue weighted by molar-refractivity contribution is -0.132. The molecule has 2 aromatic carbocycles. The number of aromatic hydroxyl groups is 1. The average molecular weight is 1180 g/mol. The van der Waals surface area contributed by atoms with E-state index < -0.39 is 118 Å². The largest absolute Gasteiger partial charge is 0.508 e. The Morgan fingerprint density at radius 1 is 0.524 bits per heavy atom. The van der Waals surface area contributed by atoms with Gasteiger partial charge in [0.2, 0.25) is 29.5 Å². The minimum atomic E-state index is -1.41. The first-order chi connectivity index (χ1) is 38.7. The molecule has 0 saturated carbocycles. The van der Waals surface area contributed by atoms with Crippen LogP contribution in [0.3, 0.4) is 0 Å². The van der Waals surface area contributed by atoms with E-state index in [1.54, 1.807) is 140 Å². The van der Waals surface area contributed by atoms with Crippen LogP contribution in [0.15, 0.2) is 42.5 Å². The third-order valence-corrected chi connectivity index (χ3v) is 11.4. The number of phenols is 1. The summed E-state index contributed by atoms with van der Waals surface area (Å²) in [7, 11) is 0. The van der Waals surface area contributed by atoms with Crippen LogP contribution in [0.4, 0.5) is 24.0 Å². The highest BCUT2D eigenvalue weighted by atomic mass is 16.6. The lowest BCUT2D eigenvalue weighted by Gasteiger charge is -2.27. The predicted octanol–water partition coefficient (Wildman–Crippen LogP) is 4.77. The van der Waals surface area contributed by atoms with Crippen molar-refractivity contribution in [2.75, 3.05) is 32.7 Å². The van der Waals surface area contributed by atoms with E-state index in [1.165, 1.54) is 6.07 Å². The second kappa shape index (κ2) is 31.0. The summed E-state index contributed by atoms with van der Waals surface area (Å²) in [6.45, 7) is 24.3. The van der Waals surface area contributed by atoms with Crippen molar-refractivity contribution in [3.8, 4) is 16.9 Å². The number of nitrogens with one attached hydrogen (secondary N) is 10. The van der Waals surface area contributed by atoms with Crippen molar-refractivity contribution in [3.63, 3.8) is 0 Å². The van der Waals surface area contributed by atoms with E-state index in [4.69, 9.17) is 23.7 Å². The van der Waals surface area contributed by atoms with E-state index in [1.807, 2.05) is 0 Å². The van der Waals surface area contributed by atoms with Gasteiger partial charge in [0, 0.05) is 45.6 Å². The lowest BCUT2D eigenvalue weighted by Crippen LogP contribution is -2.58. The van der Waals surface area contributed by atoms with Gasteiger partial charge in [-0.1, -0.05) is 30.3 Å². The zero-order chi connectivity index (χ0) is 63.4. The van der Waals surface area contributed by atoms with Crippen LogP contribution in [0.25, 0.3) is 11.1 Å². The number of amides is 10. The quantitative estimate of drug-likeness (QED) is 0.0667. The molecule has 10 amide bonds. The number of hydrogen-bond acceptors (Lipinski definition) is 16. The number of fused-ring (bicyclic) bond motifs is 5. The van der Waals surface area contributed by atoms with Crippen LogP contribution in [0.1, 0.15) is 141 Å². The standard InChI is InChI=1S/C58H90N10O16/c1-54(2,3)80-49(75)62-25-17-20-38-47(73)65-41(31-34-18-16-19-35(30-34)36-21-22-43(69)37(32-36)33-42(48(74)64-38)68-53(79)84-58(13,14)15)46(72)60-27-24-39(66-51(77)82-56(7,8)9)44(70)59-26-23-40(67-52(78)83-57(10,11)12)45(71)61-28-29-63-50(76)81-55(4,5)6/h16,18-19,21-22,30,32,38-42,69H,17,20,23-29,31,33H2,1-15H3,(H,59,70)(H,60,72)(H,61,71)(H,62,75)(H,63,76)(H,64,74)(H,65,73)(H,66,77)(H,67,78)(H,68,79)/t38-,39-,40-,41-,42-/m0/s1. The van der Waals surface area contributed by atoms with E-state index in [0.29, 0.717) is 16.7 Å². The Morgan fingerprint density at radius 2 is 0.988 bits per heavy atom. The van der Waals surface area contributed by atoms with E-state index in [0.717, 1.165) is 0 Å². The Labute approximate surface area is 492 Å². The Bertz CT molecular complexity index is 2630. The van der Waals surface area contributed by atoms with Crippen LogP contribution < -0.4 is 53.2 Å². The zero-order valence-electron chi connectivity index (χ0n) is 51.3. The lowest BCUT2D eigenvalue weighted by atomic mass is 9.96. The molecule has 0 fully saturated rings. The Hall–Kier alpha value is -8.06. The van der Waals surface area contributed by atoms with Gasteiger partial charge in [-0.25, -0.2) is 24.0 Å². The first kappa shape index (κ1) is 70.2. The van der Waals surface area contributed by atoms with Crippen molar-refractivity contribution >= 4 is 60.0 Å². The number of benzene rings is 2. The minimum Gasteiger partial charge on any atom is -0.508 e. The summed E-state index contributed by atoms with van der Waals surface area (Å²) < 4.78 is 26.8. The monoisotopic (exact) mass is 1180 g/mol. The molecule has 1 aliphatic rings. The summed E-state index contributed by atoms with van der Waals surface area (Å²) in [6.07, 6.45) is -5.00. The van der Waals surface area contributed by atoms with Gasteiger partial charge in [-0.05, 0) is 164 Å². The molecule has 0 saturated heterocycles. The minimum absolute atomic E-state index is 0.00707.